The lowest BCUT2D eigenvalue weighted by Gasteiger charge is -2.26. The van der Waals surface area contributed by atoms with Crippen molar-refractivity contribution in [3.8, 4) is 0 Å². The number of rotatable bonds is 4. The van der Waals surface area contributed by atoms with Crippen LogP contribution in [0.15, 0.2) is 12.3 Å². The highest BCUT2D eigenvalue weighted by molar-refractivity contribution is 7.99. The SMILES string of the molecule is Nc1ncc(F)cc1C(=O)NCCN1CCSCC1. The van der Waals surface area contributed by atoms with Gasteiger partial charge in [0.05, 0.1) is 11.8 Å². The molecular weight excluding hydrogens is 267 g/mol. The lowest BCUT2D eigenvalue weighted by molar-refractivity contribution is 0.0949. The summed E-state index contributed by atoms with van der Waals surface area (Å²) < 4.78 is 13.0. The maximum Gasteiger partial charge on any atom is 0.255 e. The molecule has 19 heavy (non-hydrogen) atoms. The highest BCUT2D eigenvalue weighted by Gasteiger charge is 2.13. The molecule has 0 saturated carbocycles. The maximum absolute atomic E-state index is 13.0. The summed E-state index contributed by atoms with van der Waals surface area (Å²) >= 11 is 1.94. The van der Waals surface area contributed by atoms with Gasteiger partial charge in [-0.25, -0.2) is 9.37 Å². The second kappa shape index (κ2) is 6.72. The molecule has 2 rings (SSSR count). The molecule has 1 saturated heterocycles. The van der Waals surface area contributed by atoms with Crippen LogP contribution in [0.1, 0.15) is 10.4 Å². The zero-order valence-electron chi connectivity index (χ0n) is 10.6. The Labute approximate surface area is 115 Å². The molecule has 5 nitrogen and oxygen atoms in total. The monoisotopic (exact) mass is 284 g/mol. The molecule has 0 bridgehead atoms. The van der Waals surface area contributed by atoms with Gasteiger partial charge in [-0.2, -0.15) is 11.8 Å². The predicted octanol–water partition coefficient (Wildman–Crippen LogP) is 0.582. The summed E-state index contributed by atoms with van der Waals surface area (Å²) in [6, 6.07) is 1.11. The highest BCUT2D eigenvalue weighted by atomic mass is 32.2. The van der Waals surface area contributed by atoms with E-state index in [-0.39, 0.29) is 17.3 Å². The van der Waals surface area contributed by atoms with Gasteiger partial charge in [-0.1, -0.05) is 0 Å². The number of hydrogen-bond acceptors (Lipinski definition) is 5. The van der Waals surface area contributed by atoms with Gasteiger partial charge >= 0.3 is 0 Å². The van der Waals surface area contributed by atoms with E-state index in [0.717, 1.165) is 43.4 Å². The van der Waals surface area contributed by atoms with Crippen molar-refractivity contribution < 1.29 is 9.18 Å². The van der Waals surface area contributed by atoms with E-state index in [0.29, 0.717) is 6.54 Å². The Morgan fingerprint density at radius 2 is 2.26 bits per heavy atom. The van der Waals surface area contributed by atoms with Crippen LogP contribution in [0.3, 0.4) is 0 Å². The smallest absolute Gasteiger partial charge is 0.255 e. The molecule has 0 aliphatic carbocycles. The number of aromatic nitrogens is 1. The summed E-state index contributed by atoms with van der Waals surface area (Å²) in [5.74, 6) is 1.38. The van der Waals surface area contributed by atoms with E-state index in [1.54, 1.807) is 0 Å². The first-order chi connectivity index (χ1) is 9.16. The van der Waals surface area contributed by atoms with Gasteiger partial charge in [0.2, 0.25) is 0 Å². The van der Waals surface area contributed by atoms with Gasteiger partial charge < -0.3 is 11.1 Å². The third-order valence-electron chi connectivity index (χ3n) is 2.95. The third-order valence-corrected chi connectivity index (χ3v) is 3.89. The van der Waals surface area contributed by atoms with Crippen LogP contribution in [0.2, 0.25) is 0 Å². The second-order valence-electron chi connectivity index (χ2n) is 4.30. The Morgan fingerprint density at radius 1 is 1.53 bits per heavy atom. The molecule has 1 aliphatic rings. The molecule has 104 valence electrons. The molecule has 0 unspecified atom stereocenters. The largest absolute Gasteiger partial charge is 0.383 e. The normalized spacial score (nSPS) is 16.3. The van der Waals surface area contributed by atoms with Crippen molar-refractivity contribution >= 4 is 23.5 Å². The molecule has 7 heteroatoms. The van der Waals surface area contributed by atoms with E-state index < -0.39 is 5.82 Å². The lowest BCUT2D eigenvalue weighted by atomic mass is 10.2. The number of halogens is 1. The summed E-state index contributed by atoms with van der Waals surface area (Å²) in [5, 5.41) is 2.74. The van der Waals surface area contributed by atoms with E-state index in [4.69, 9.17) is 5.73 Å². The first-order valence-corrected chi connectivity index (χ1v) is 7.31. The number of nitrogens with zero attached hydrogens (tertiary/aromatic N) is 2. The molecule has 1 aromatic heterocycles. The molecule has 3 N–H and O–H groups in total. The third kappa shape index (κ3) is 4.07. The number of nitrogens with two attached hydrogens (primary N) is 1. The van der Waals surface area contributed by atoms with E-state index in [1.807, 2.05) is 11.8 Å². The number of carbonyl (C=O) groups is 1. The fraction of sp³-hybridized carbons (Fsp3) is 0.500. The molecule has 1 aromatic rings. The van der Waals surface area contributed by atoms with Gasteiger partial charge in [-0.15, -0.1) is 0 Å². The Morgan fingerprint density at radius 3 is 3.00 bits per heavy atom. The molecule has 2 heterocycles. The van der Waals surface area contributed by atoms with Crippen molar-refractivity contribution in [2.75, 3.05) is 43.4 Å². The first-order valence-electron chi connectivity index (χ1n) is 6.16. The number of thioether (sulfide) groups is 1. The molecule has 1 fully saturated rings. The Kier molecular flexibility index (Phi) is 4.98. The average Bonchev–Trinajstić information content (AvgIpc) is 2.42. The maximum atomic E-state index is 13.0. The van der Waals surface area contributed by atoms with Crippen molar-refractivity contribution in [2.45, 2.75) is 0 Å². The van der Waals surface area contributed by atoms with Crippen LogP contribution in [0, 0.1) is 5.82 Å². The van der Waals surface area contributed by atoms with E-state index >= 15 is 0 Å². The quantitative estimate of drug-likeness (QED) is 0.846. The number of carbonyl (C=O) groups excluding carboxylic acids is 1. The molecule has 0 aromatic carbocycles. The number of nitrogens with one attached hydrogen (secondary N) is 1. The predicted molar refractivity (Wildman–Crippen MR) is 74.7 cm³/mol. The van der Waals surface area contributed by atoms with E-state index in [1.165, 1.54) is 0 Å². The van der Waals surface area contributed by atoms with E-state index in [2.05, 4.69) is 15.2 Å². The topological polar surface area (TPSA) is 71.2 Å². The minimum absolute atomic E-state index is 0.0493. The molecule has 1 amide bonds. The number of hydrogen-bond donors (Lipinski definition) is 2. The first kappa shape index (κ1) is 14.1. The van der Waals surface area contributed by atoms with Crippen molar-refractivity contribution in [3.63, 3.8) is 0 Å². The van der Waals surface area contributed by atoms with Gasteiger partial charge in [0, 0.05) is 37.7 Å². The van der Waals surface area contributed by atoms with Crippen LogP contribution in [0.25, 0.3) is 0 Å². The number of amides is 1. The fourth-order valence-electron chi connectivity index (χ4n) is 1.88. The Hall–Kier alpha value is -1.34. The number of nitrogen functional groups attached to an aromatic ring is 1. The van der Waals surface area contributed by atoms with Crippen LogP contribution in [-0.2, 0) is 0 Å². The Balaban J connectivity index is 1.82. The van der Waals surface area contributed by atoms with Gasteiger partial charge in [0.15, 0.2) is 0 Å². The zero-order valence-corrected chi connectivity index (χ0v) is 11.4. The second-order valence-corrected chi connectivity index (χ2v) is 5.52. The van der Waals surface area contributed by atoms with Crippen molar-refractivity contribution in [1.82, 2.24) is 15.2 Å². The average molecular weight is 284 g/mol. The van der Waals surface area contributed by atoms with Gasteiger partial charge in [-0.3, -0.25) is 9.69 Å². The minimum Gasteiger partial charge on any atom is -0.383 e. The summed E-state index contributed by atoms with van der Waals surface area (Å²) in [7, 11) is 0. The molecule has 0 radical (unpaired) electrons. The highest BCUT2D eigenvalue weighted by Crippen LogP contribution is 2.10. The molecular formula is C12H17FN4OS. The number of anilines is 1. The summed E-state index contributed by atoms with van der Waals surface area (Å²) in [6.45, 7) is 3.42. The lowest BCUT2D eigenvalue weighted by Crippen LogP contribution is -2.39. The van der Waals surface area contributed by atoms with Crippen LogP contribution < -0.4 is 11.1 Å². The summed E-state index contributed by atoms with van der Waals surface area (Å²) in [4.78, 5) is 17.8. The van der Waals surface area contributed by atoms with Gasteiger partial charge in [-0.05, 0) is 6.07 Å². The standard InChI is InChI=1S/C12H17FN4OS/c13-9-7-10(11(14)16-8-9)12(18)15-1-2-17-3-5-19-6-4-17/h7-8H,1-6H2,(H2,14,16)(H,15,18). The van der Waals surface area contributed by atoms with Crippen molar-refractivity contribution in [2.24, 2.45) is 0 Å². The summed E-state index contributed by atoms with van der Waals surface area (Å²) in [5.41, 5.74) is 5.64. The van der Waals surface area contributed by atoms with Crippen molar-refractivity contribution in [3.05, 3.63) is 23.6 Å². The van der Waals surface area contributed by atoms with Crippen molar-refractivity contribution in [1.29, 1.82) is 0 Å². The van der Waals surface area contributed by atoms with Crippen LogP contribution in [0.4, 0.5) is 10.2 Å². The zero-order chi connectivity index (χ0) is 13.7. The van der Waals surface area contributed by atoms with Crippen LogP contribution >= 0.6 is 11.8 Å². The molecule has 0 atom stereocenters. The van der Waals surface area contributed by atoms with Crippen LogP contribution in [-0.4, -0.2) is 53.5 Å². The Bertz CT molecular complexity index is 451. The molecule has 0 spiro atoms. The summed E-state index contributed by atoms with van der Waals surface area (Å²) in [6.07, 6.45) is 0.998. The van der Waals surface area contributed by atoms with E-state index in [9.17, 15) is 9.18 Å². The van der Waals surface area contributed by atoms with Gasteiger partial charge in [0.25, 0.3) is 5.91 Å². The minimum atomic E-state index is -0.563. The fourth-order valence-corrected chi connectivity index (χ4v) is 2.86. The van der Waals surface area contributed by atoms with Gasteiger partial charge in [0.1, 0.15) is 11.6 Å². The molecule has 1 aliphatic heterocycles. The number of pyridine rings is 1. The van der Waals surface area contributed by atoms with Crippen LogP contribution in [0.5, 0.6) is 0 Å².